The highest BCUT2D eigenvalue weighted by Crippen LogP contribution is 2.49. The number of amidine groups is 1. The van der Waals surface area contributed by atoms with Crippen molar-refractivity contribution in [2.24, 2.45) is 10.4 Å². The summed E-state index contributed by atoms with van der Waals surface area (Å²) in [6.07, 6.45) is 0.566. The summed E-state index contributed by atoms with van der Waals surface area (Å²) in [7, 11) is 0. The summed E-state index contributed by atoms with van der Waals surface area (Å²) in [5.74, 6) is 0. The molecule has 0 aromatic heterocycles. The van der Waals surface area contributed by atoms with Crippen molar-refractivity contribution in [3.8, 4) is 0 Å². The van der Waals surface area contributed by atoms with Crippen molar-refractivity contribution < 1.29 is 14.6 Å². The Labute approximate surface area is 123 Å². The number of fused-ring (bicyclic) bond motifs is 2. The van der Waals surface area contributed by atoms with Crippen molar-refractivity contribution in [2.75, 3.05) is 12.3 Å². The molecule has 0 saturated carbocycles. The van der Waals surface area contributed by atoms with E-state index in [0.717, 1.165) is 18.4 Å². The highest BCUT2D eigenvalue weighted by Gasteiger charge is 2.47. The van der Waals surface area contributed by atoms with Gasteiger partial charge in [-0.3, -0.25) is 0 Å². The van der Waals surface area contributed by atoms with Gasteiger partial charge in [0.05, 0.1) is 0 Å². The van der Waals surface area contributed by atoms with Crippen LogP contribution in [0.3, 0.4) is 0 Å². The van der Waals surface area contributed by atoms with E-state index in [1.54, 1.807) is 0 Å². The Kier molecular flexibility index (Phi) is 2.86. The molecule has 21 heavy (non-hydrogen) atoms. The largest absolute Gasteiger partial charge is 0.465 e. The summed E-state index contributed by atoms with van der Waals surface area (Å²) in [5, 5.41) is 11.0. The number of hydrogen-bond acceptors (Lipinski definition) is 4. The molecule has 1 aromatic carbocycles. The van der Waals surface area contributed by atoms with Crippen LogP contribution in [-0.4, -0.2) is 23.8 Å². The first-order valence-corrected chi connectivity index (χ1v) is 6.91. The molecule has 0 bridgehead atoms. The Balaban J connectivity index is 2.08. The summed E-state index contributed by atoms with van der Waals surface area (Å²) in [5.41, 5.74) is 8.36. The summed E-state index contributed by atoms with van der Waals surface area (Å²) in [6, 6.07) is 5.92. The number of nitrogens with two attached hydrogens (primary N) is 1. The van der Waals surface area contributed by atoms with Crippen LogP contribution in [0.15, 0.2) is 23.2 Å². The monoisotopic (exact) mass is 289 g/mol. The van der Waals surface area contributed by atoms with Gasteiger partial charge in [0.1, 0.15) is 12.1 Å². The first kappa shape index (κ1) is 13.7. The van der Waals surface area contributed by atoms with E-state index in [1.807, 2.05) is 18.2 Å². The lowest BCUT2D eigenvalue weighted by molar-refractivity contribution is 0.161. The topological polar surface area (TPSA) is 96.9 Å². The van der Waals surface area contributed by atoms with Gasteiger partial charge in [-0.25, -0.2) is 15.1 Å². The minimum atomic E-state index is -1.17. The average Bonchev–Trinajstić information content (AvgIpc) is 2.72. The lowest BCUT2D eigenvalue weighted by Gasteiger charge is -2.41. The number of nitrogens with zero attached hydrogens (tertiary/aromatic N) is 1. The van der Waals surface area contributed by atoms with Gasteiger partial charge < -0.3 is 15.6 Å². The number of hydrogen-bond donors (Lipinski definition) is 3. The van der Waals surface area contributed by atoms with Gasteiger partial charge in [-0.1, -0.05) is 19.9 Å². The first-order valence-electron chi connectivity index (χ1n) is 6.91. The standard InChI is InChI=1S/C15H19N3O3/c1-14(2)6-9-3-4-10(16)5-11(9)15(7-14)8-21-12(18-15)17-13(19)20/h3-5H,6-8,16H2,1-2H3,(H,17,18)(H,19,20). The van der Waals surface area contributed by atoms with Gasteiger partial charge in [-0.15, -0.1) is 0 Å². The van der Waals surface area contributed by atoms with Crippen LogP contribution < -0.4 is 11.1 Å². The van der Waals surface area contributed by atoms with Crippen molar-refractivity contribution in [2.45, 2.75) is 32.2 Å². The fourth-order valence-corrected chi connectivity index (χ4v) is 3.48. The molecule has 1 atom stereocenters. The van der Waals surface area contributed by atoms with Crippen LogP contribution in [-0.2, 0) is 16.7 Å². The summed E-state index contributed by atoms with van der Waals surface area (Å²) < 4.78 is 5.46. The Morgan fingerprint density at radius 1 is 1.48 bits per heavy atom. The second-order valence-corrected chi connectivity index (χ2v) is 6.60. The third-order valence-electron chi connectivity index (χ3n) is 4.05. The zero-order valence-electron chi connectivity index (χ0n) is 12.1. The van der Waals surface area contributed by atoms with Gasteiger partial charge in [0.15, 0.2) is 0 Å². The van der Waals surface area contributed by atoms with Gasteiger partial charge in [-0.2, -0.15) is 0 Å². The maximum atomic E-state index is 10.8. The van der Waals surface area contributed by atoms with E-state index < -0.39 is 11.6 Å². The Hall–Kier alpha value is -2.24. The van der Waals surface area contributed by atoms with E-state index in [0.29, 0.717) is 12.3 Å². The molecule has 1 aliphatic heterocycles. The SMILES string of the molecule is CC1(C)Cc2ccc(N)cc2C2(COC(NC(=O)O)=N2)C1. The second-order valence-electron chi connectivity index (χ2n) is 6.60. The summed E-state index contributed by atoms with van der Waals surface area (Å²) in [4.78, 5) is 15.3. The maximum absolute atomic E-state index is 10.8. The highest BCUT2D eigenvalue weighted by atomic mass is 16.5. The molecule has 112 valence electrons. The molecular formula is C15H19N3O3. The van der Waals surface area contributed by atoms with E-state index in [1.165, 1.54) is 5.56 Å². The lowest BCUT2D eigenvalue weighted by atomic mass is 9.66. The Morgan fingerprint density at radius 3 is 2.95 bits per heavy atom. The molecule has 1 heterocycles. The van der Waals surface area contributed by atoms with E-state index >= 15 is 0 Å². The molecule has 1 aliphatic carbocycles. The molecule has 1 aromatic rings. The van der Waals surface area contributed by atoms with Crippen LogP contribution in [0.1, 0.15) is 31.4 Å². The van der Waals surface area contributed by atoms with E-state index in [-0.39, 0.29) is 11.4 Å². The molecule has 4 N–H and O–H groups in total. The minimum absolute atomic E-state index is 0.0635. The van der Waals surface area contributed by atoms with E-state index in [9.17, 15) is 4.79 Å². The van der Waals surface area contributed by atoms with E-state index in [4.69, 9.17) is 15.6 Å². The average molecular weight is 289 g/mol. The van der Waals surface area contributed by atoms with Crippen molar-refractivity contribution in [1.82, 2.24) is 5.32 Å². The number of nitrogen functional groups attached to an aromatic ring is 1. The van der Waals surface area contributed by atoms with Gasteiger partial charge in [-0.05, 0) is 41.5 Å². The number of carbonyl (C=O) groups is 1. The number of ether oxygens (including phenoxy) is 1. The number of anilines is 1. The van der Waals surface area contributed by atoms with Crippen LogP contribution in [0.25, 0.3) is 0 Å². The molecular weight excluding hydrogens is 270 g/mol. The number of benzene rings is 1. The zero-order chi connectivity index (χ0) is 15.3. The number of rotatable bonds is 0. The quantitative estimate of drug-likeness (QED) is 0.637. The molecule has 6 heteroatoms. The smallest absolute Gasteiger partial charge is 0.412 e. The van der Waals surface area contributed by atoms with Crippen molar-refractivity contribution >= 4 is 17.8 Å². The van der Waals surface area contributed by atoms with Crippen LogP contribution in [0.2, 0.25) is 0 Å². The number of carboxylic acid groups (broad SMARTS) is 1. The lowest BCUT2D eigenvalue weighted by Crippen LogP contribution is -2.39. The van der Waals surface area contributed by atoms with Crippen LogP contribution in [0, 0.1) is 5.41 Å². The maximum Gasteiger partial charge on any atom is 0.412 e. The molecule has 0 fully saturated rings. The number of nitrogens with one attached hydrogen (secondary N) is 1. The van der Waals surface area contributed by atoms with Gasteiger partial charge in [0.25, 0.3) is 6.02 Å². The third-order valence-corrected chi connectivity index (χ3v) is 4.05. The third kappa shape index (κ3) is 2.41. The van der Waals surface area contributed by atoms with Gasteiger partial charge >= 0.3 is 6.09 Å². The fourth-order valence-electron chi connectivity index (χ4n) is 3.48. The minimum Gasteiger partial charge on any atom is -0.465 e. The molecule has 0 radical (unpaired) electrons. The fraction of sp³-hybridized carbons (Fsp3) is 0.467. The van der Waals surface area contributed by atoms with Gasteiger partial charge in [0.2, 0.25) is 0 Å². The second kappa shape index (κ2) is 4.38. The summed E-state index contributed by atoms with van der Waals surface area (Å²) >= 11 is 0. The first-order chi connectivity index (χ1) is 9.80. The molecule has 1 amide bonds. The van der Waals surface area contributed by atoms with Crippen LogP contribution >= 0.6 is 0 Å². The normalized spacial score (nSPS) is 25.9. The van der Waals surface area contributed by atoms with Crippen molar-refractivity contribution in [1.29, 1.82) is 0 Å². The van der Waals surface area contributed by atoms with Gasteiger partial charge in [0, 0.05) is 5.69 Å². The summed E-state index contributed by atoms with van der Waals surface area (Å²) in [6.45, 7) is 4.71. The molecule has 6 nitrogen and oxygen atoms in total. The van der Waals surface area contributed by atoms with Crippen LogP contribution in [0.4, 0.5) is 10.5 Å². The Bertz CT molecular complexity index is 639. The molecule has 1 unspecified atom stereocenters. The van der Waals surface area contributed by atoms with Crippen molar-refractivity contribution in [3.05, 3.63) is 29.3 Å². The van der Waals surface area contributed by atoms with Crippen molar-refractivity contribution in [3.63, 3.8) is 0 Å². The highest BCUT2D eigenvalue weighted by molar-refractivity contribution is 5.90. The van der Waals surface area contributed by atoms with E-state index in [2.05, 4.69) is 24.2 Å². The number of amides is 1. The predicted molar refractivity (Wildman–Crippen MR) is 79.2 cm³/mol. The number of aliphatic imine (C=N–C) groups is 1. The Morgan fingerprint density at radius 2 is 2.24 bits per heavy atom. The molecule has 1 spiro atoms. The van der Waals surface area contributed by atoms with Crippen LogP contribution in [0.5, 0.6) is 0 Å². The zero-order valence-corrected chi connectivity index (χ0v) is 12.1. The molecule has 3 rings (SSSR count). The predicted octanol–water partition coefficient (Wildman–Crippen LogP) is 2.09. The molecule has 2 aliphatic rings. The molecule has 0 saturated heterocycles.